The lowest BCUT2D eigenvalue weighted by Crippen LogP contribution is -2.45. The van der Waals surface area contributed by atoms with Crippen molar-refractivity contribution in [2.45, 2.75) is 33.2 Å². The fourth-order valence-corrected chi connectivity index (χ4v) is 4.14. The molecule has 0 aromatic heterocycles. The van der Waals surface area contributed by atoms with Crippen LogP contribution in [0.3, 0.4) is 0 Å². The summed E-state index contributed by atoms with van der Waals surface area (Å²) in [7, 11) is -3.89. The largest absolute Gasteiger partial charge is 0.324 e. The van der Waals surface area contributed by atoms with Gasteiger partial charge in [-0.2, -0.15) is 0 Å². The Morgan fingerprint density at radius 3 is 2.46 bits per heavy atom. The van der Waals surface area contributed by atoms with E-state index in [1.807, 2.05) is 19.1 Å². The van der Waals surface area contributed by atoms with Gasteiger partial charge in [-0.05, 0) is 37.5 Å². The van der Waals surface area contributed by atoms with Crippen LogP contribution in [0, 0.1) is 17.0 Å². The second kappa shape index (κ2) is 8.39. The molecule has 9 heteroatoms. The Morgan fingerprint density at radius 2 is 1.89 bits per heavy atom. The number of nitro groups is 1. The van der Waals surface area contributed by atoms with Crippen molar-refractivity contribution >= 4 is 33.0 Å². The molecular weight excluding hydrogens is 382 g/mol. The summed E-state index contributed by atoms with van der Waals surface area (Å²) in [4.78, 5) is 23.3. The second-order valence-electron chi connectivity index (χ2n) is 6.46. The number of nitro benzene ring substituents is 1. The van der Waals surface area contributed by atoms with Crippen LogP contribution in [0.4, 0.5) is 17.1 Å². The van der Waals surface area contributed by atoms with Gasteiger partial charge in [-0.25, -0.2) is 8.42 Å². The van der Waals surface area contributed by atoms with Crippen LogP contribution >= 0.6 is 0 Å². The van der Waals surface area contributed by atoms with E-state index in [2.05, 4.69) is 5.32 Å². The highest BCUT2D eigenvalue weighted by Crippen LogP contribution is 2.29. The lowest BCUT2D eigenvalue weighted by atomic mass is 10.1. The summed E-state index contributed by atoms with van der Waals surface area (Å²) in [5, 5.41) is 13.9. The Hall–Kier alpha value is -2.94. The molecule has 0 heterocycles. The zero-order chi connectivity index (χ0) is 21.1. The van der Waals surface area contributed by atoms with Gasteiger partial charge in [-0.1, -0.05) is 31.2 Å². The number of nitrogens with zero attached hydrogens (tertiary/aromatic N) is 2. The molecule has 0 saturated carbocycles. The molecular formula is C19H23N3O5S. The normalized spacial score (nSPS) is 12.3. The number of benzene rings is 2. The molecule has 28 heavy (non-hydrogen) atoms. The van der Waals surface area contributed by atoms with E-state index in [0.717, 1.165) is 16.1 Å². The maximum atomic E-state index is 12.8. The van der Waals surface area contributed by atoms with Crippen molar-refractivity contribution in [3.05, 3.63) is 63.7 Å². The van der Waals surface area contributed by atoms with Crippen LogP contribution in [0.1, 0.15) is 25.0 Å². The first-order chi connectivity index (χ1) is 13.1. The SMILES string of the molecule is CCc1ccccc1NC(=O)[C@H](C)N(c1cc([N+](=O)[O-])ccc1C)S(C)(=O)=O. The van der Waals surface area contributed by atoms with E-state index in [1.54, 1.807) is 19.1 Å². The highest BCUT2D eigenvalue weighted by atomic mass is 32.2. The highest BCUT2D eigenvalue weighted by molar-refractivity contribution is 7.92. The van der Waals surface area contributed by atoms with Crippen LogP contribution in [-0.4, -0.2) is 31.5 Å². The molecule has 0 aliphatic heterocycles. The summed E-state index contributed by atoms with van der Waals surface area (Å²) in [6.45, 7) is 5.03. The molecule has 0 bridgehead atoms. The number of rotatable bonds is 7. The Bertz CT molecular complexity index is 1000. The summed E-state index contributed by atoms with van der Waals surface area (Å²) >= 11 is 0. The van der Waals surface area contributed by atoms with Gasteiger partial charge in [0.1, 0.15) is 6.04 Å². The smallest absolute Gasteiger partial charge is 0.271 e. The number of carbonyl (C=O) groups excluding carboxylic acids is 1. The van der Waals surface area contributed by atoms with E-state index in [9.17, 15) is 23.3 Å². The van der Waals surface area contributed by atoms with Gasteiger partial charge in [0.25, 0.3) is 5.69 Å². The van der Waals surface area contributed by atoms with Crippen LogP contribution in [0.5, 0.6) is 0 Å². The topological polar surface area (TPSA) is 110 Å². The van der Waals surface area contributed by atoms with Gasteiger partial charge in [0, 0.05) is 17.8 Å². The number of non-ortho nitro benzene ring substituents is 1. The number of amides is 1. The van der Waals surface area contributed by atoms with Gasteiger partial charge in [0.2, 0.25) is 15.9 Å². The van der Waals surface area contributed by atoms with Gasteiger partial charge >= 0.3 is 0 Å². The van der Waals surface area contributed by atoms with E-state index < -0.39 is 26.9 Å². The van der Waals surface area contributed by atoms with Crippen molar-refractivity contribution in [2.24, 2.45) is 0 Å². The number of nitrogens with one attached hydrogen (secondary N) is 1. The van der Waals surface area contributed by atoms with Crippen molar-refractivity contribution in [1.82, 2.24) is 0 Å². The number of anilines is 2. The van der Waals surface area contributed by atoms with E-state index in [0.29, 0.717) is 17.7 Å². The summed E-state index contributed by atoms with van der Waals surface area (Å²) in [5.74, 6) is -0.530. The molecule has 1 atom stereocenters. The summed E-state index contributed by atoms with van der Waals surface area (Å²) in [6.07, 6.45) is 1.67. The van der Waals surface area contributed by atoms with E-state index >= 15 is 0 Å². The van der Waals surface area contributed by atoms with Gasteiger partial charge in [0.05, 0.1) is 16.9 Å². The Labute approximate surface area is 164 Å². The molecule has 0 aliphatic rings. The van der Waals surface area contributed by atoms with Crippen LogP contribution in [-0.2, 0) is 21.2 Å². The van der Waals surface area contributed by atoms with Crippen molar-refractivity contribution in [3.8, 4) is 0 Å². The molecule has 0 spiro atoms. The molecule has 0 saturated heterocycles. The molecule has 2 aromatic carbocycles. The summed E-state index contributed by atoms with van der Waals surface area (Å²) in [5.41, 5.74) is 1.87. The Morgan fingerprint density at radius 1 is 1.25 bits per heavy atom. The van der Waals surface area contributed by atoms with Crippen molar-refractivity contribution in [1.29, 1.82) is 0 Å². The standard InChI is InChI=1S/C19H23N3O5S/c1-5-15-8-6-7-9-17(15)20-19(23)14(3)21(28(4,26)27)18-12-16(22(24)25)11-10-13(18)2/h6-12,14H,5H2,1-4H3,(H,20,23)/t14-/m0/s1. The van der Waals surface area contributed by atoms with Crippen molar-refractivity contribution < 1.29 is 18.1 Å². The first-order valence-electron chi connectivity index (χ1n) is 8.69. The zero-order valence-electron chi connectivity index (χ0n) is 16.2. The lowest BCUT2D eigenvalue weighted by molar-refractivity contribution is -0.384. The van der Waals surface area contributed by atoms with E-state index in [4.69, 9.17) is 0 Å². The highest BCUT2D eigenvalue weighted by Gasteiger charge is 2.31. The number of sulfonamides is 1. The number of hydrogen-bond acceptors (Lipinski definition) is 5. The molecule has 0 fully saturated rings. The molecule has 0 aliphatic carbocycles. The summed E-state index contributed by atoms with van der Waals surface area (Å²) < 4.78 is 25.8. The van der Waals surface area contributed by atoms with E-state index in [-0.39, 0.29) is 11.4 Å². The van der Waals surface area contributed by atoms with Gasteiger partial charge in [0.15, 0.2) is 0 Å². The molecule has 150 valence electrons. The molecule has 0 unspecified atom stereocenters. The predicted octanol–water partition coefficient (Wildman–Crippen LogP) is 3.26. The molecule has 1 amide bonds. The van der Waals surface area contributed by atoms with Crippen molar-refractivity contribution in [3.63, 3.8) is 0 Å². The molecule has 0 radical (unpaired) electrons. The Kier molecular flexibility index (Phi) is 6.40. The summed E-state index contributed by atoms with van der Waals surface area (Å²) in [6, 6.07) is 10.1. The monoisotopic (exact) mass is 405 g/mol. The van der Waals surface area contributed by atoms with E-state index in [1.165, 1.54) is 25.1 Å². The average molecular weight is 405 g/mol. The first kappa shape index (κ1) is 21.4. The number of carbonyl (C=O) groups is 1. The minimum atomic E-state index is -3.89. The molecule has 2 rings (SSSR count). The number of aryl methyl sites for hydroxylation is 2. The molecule has 8 nitrogen and oxygen atoms in total. The molecule has 1 N–H and O–H groups in total. The lowest BCUT2D eigenvalue weighted by Gasteiger charge is -2.29. The van der Waals surface area contributed by atoms with Crippen LogP contribution in [0.2, 0.25) is 0 Å². The number of para-hydroxylation sites is 1. The van der Waals surface area contributed by atoms with Crippen LogP contribution in [0.15, 0.2) is 42.5 Å². The first-order valence-corrected chi connectivity index (χ1v) is 10.5. The third-order valence-electron chi connectivity index (χ3n) is 4.39. The maximum absolute atomic E-state index is 12.8. The van der Waals surface area contributed by atoms with Gasteiger partial charge < -0.3 is 5.32 Å². The predicted molar refractivity (Wildman–Crippen MR) is 109 cm³/mol. The Balaban J connectivity index is 2.45. The minimum Gasteiger partial charge on any atom is -0.324 e. The third kappa shape index (κ3) is 4.66. The van der Waals surface area contributed by atoms with Crippen molar-refractivity contribution in [2.75, 3.05) is 15.9 Å². The van der Waals surface area contributed by atoms with Crippen LogP contribution < -0.4 is 9.62 Å². The zero-order valence-corrected chi connectivity index (χ0v) is 17.0. The minimum absolute atomic E-state index is 0.100. The maximum Gasteiger partial charge on any atom is 0.271 e. The number of hydrogen-bond donors (Lipinski definition) is 1. The van der Waals surface area contributed by atoms with Gasteiger partial charge in [-0.3, -0.25) is 19.2 Å². The quantitative estimate of drug-likeness (QED) is 0.562. The van der Waals surface area contributed by atoms with Gasteiger partial charge in [-0.15, -0.1) is 0 Å². The fourth-order valence-electron chi connectivity index (χ4n) is 2.92. The second-order valence-corrected chi connectivity index (χ2v) is 8.32. The third-order valence-corrected chi connectivity index (χ3v) is 5.61. The fraction of sp³-hybridized carbons (Fsp3) is 0.316. The molecule has 2 aromatic rings. The average Bonchev–Trinajstić information content (AvgIpc) is 2.62. The van der Waals surface area contributed by atoms with Crippen LogP contribution in [0.25, 0.3) is 0 Å².